The third kappa shape index (κ3) is 3.76. The summed E-state index contributed by atoms with van der Waals surface area (Å²) in [4.78, 5) is 19.8. The van der Waals surface area contributed by atoms with Crippen molar-refractivity contribution in [3.8, 4) is 5.75 Å². The van der Waals surface area contributed by atoms with Gasteiger partial charge in [0.15, 0.2) is 11.9 Å². The number of thiazole rings is 1. The lowest BCUT2D eigenvalue weighted by Crippen LogP contribution is -2.32. The van der Waals surface area contributed by atoms with Crippen LogP contribution in [0.1, 0.15) is 28.4 Å². The number of aryl methyl sites for hydroxylation is 1. The van der Waals surface area contributed by atoms with Crippen LogP contribution in [0.2, 0.25) is 0 Å². The molecule has 0 atom stereocenters. The number of amides is 1. The lowest BCUT2D eigenvalue weighted by atomic mass is 10.0. The largest absolute Gasteiger partial charge is 0.473 e. The first kappa shape index (κ1) is 20.7. The second-order valence-corrected chi connectivity index (χ2v) is 9.44. The smallest absolute Gasteiger partial charge is 0.257 e. The van der Waals surface area contributed by atoms with E-state index in [1.165, 1.54) is 33.2 Å². The number of carbonyl (C=O) groups is 1. The Labute approximate surface area is 201 Å². The van der Waals surface area contributed by atoms with Gasteiger partial charge in [-0.15, -0.1) is 0 Å². The molecule has 0 saturated carbocycles. The van der Waals surface area contributed by atoms with Crippen molar-refractivity contribution in [1.82, 2.24) is 4.98 Å². The van der Waals surface area contributed by atoms with Gasteiger partial charge in [-0.05, 0) is 59.2 Å². The fourth-order valence-electron chi connectivity index (χ4n) is 4.42. The van der Waals surface area contributed by atoms with Crippen molar-refractivity contribution < 1.29 is 9.53 Å². The average Bonchev–Trinajstić information content (AvgIpc) is 3.29. The van der Waals surface area contributed by atoms with Crippen LogP contribution in [0.5, 0.6) is 5.75 Å². The van der Waals surface area contributed by atoms with Crippen LogP contribution >= 0.6 is 11.3 Å². The molecule has 0 fully saturated rings. The molecule has 0 saturated heterocycles. The Morgan fingerprint density at radius 2 is 1.97 bits per heavy atom. The molecule has 5 aromatic rings. The van der Waals surface area contributed by atoms with Gasteiger partial charge >= 0.3 is 0 Å². The van der Waals surface area contributed by atoms with E-state index in [2.05, 4.69) is 58.5 Å². The molecule has 0 bridgehead atoms. The number of benzene rings is 4. The predicted octanol–water partition coefficient (Wildman–Crippen LogP) is 6.62. The summed E-state index contributed by atoms with van der Waals surface area (Å²) in [6.45, 7) is 3.29. The number of hydrogen-bond acceptors (Lipinski definition) is 5. The van der Waals surface area contributed by atoms with Gasteiger partial charge in [0.1, 0.15) is 5.75 Å². The van der Waals surface area contributed by atoms with Gasteiger partial charge in [-0.2, -0.15) is 0 Å². The number of fused-ring (bicyclic) bond motifs is 4. The number of hydrogen-bond donors (Lipinski definition) is 1. The van der Waals surface area contributed by atoms with Crippen LogP contribution in [0.15, 0.2) is 78.9 Å². The van der Waals surface area contributed by atoms with E-state index in [1.807, 2.05) is 42.5 Å². The van der Waals surface area contributed by atoms with E-state index in [4.69, 9.17) is 4.74 Å². The number of anilines is 2. The zero-order valence-electron chi connectivity index (χ0n) is 18.7. The van der Waals surface area contributed by atoms with Gasteiger partial charge in [-0.25, -0.2) is 4.98 Å². The second kappa shape index (κ2) is 8.47. The first-order chi connectivity index (χ1) is 16.7. The Morgan fingerprint density at radius 3 is 2.88 bits per heavy atom. The van der Waals surface area contributed by atoms with Gasteiger partial charge in [-0.1, -0.05) is 60.7 Å². The van der Waals surface area contributed by atoms with Gasteiger partial charge in [0.05, 0.1) is 16.8 Å². The second-order valence-electron chi connectivity index (χ2n) is 8.41. The van der Waals surface area contributed by atoms with E-state index >= 15 is 0 Å². The lowest BCUT2D eigenvalue weighted by molar-refractivity contribution is 0.102. The predicted molar refractivity (Wildman–Crippen MR) is 139 cm³/mol. The van der Waals surface area contributed by atoms with Gasteiger partial charge in [0.25, 0.3) is 5.91 Å². The Balaban J connectivity index is 1.24. The van der Waals surface area contributed by atoms with Gasteiger partial charge in [0, 0.05) is 16.8 Å². The molecule has 168 valence electrons. The van der Waals surface area contributed by atoms with Crippen LogP contribution in [0.3, 0.4) is 0 Å². The minimum atomic E-state index is -0.166. The van der Waals surface area contributed by atoms with E-state index in [1.54, 1.807) is 0 Å². The molecule has 1 aliphatic heterocycles. The molecule has 4 aromatic carbocycles. The van der Waals surface area contributed by atoms with Crippen LogP contribution in [0, 0.1) is 0 Å². The molecule has 2 heterocycles. The topological polar surface area (TPSA) is 54.5 Å². The number of nitrogens with one attached hydrogen (secondary N) is 1. The molecule has 34 heavy (non-hydrogen) atoms. The third-order valence-electron chi connectivity index (χ3n) is 6.28. The number of nitrogens with zero attached hydrogens (tertiary/aromatic N) is 2. The Morgan fingerprint density at radius 1 is 1.06 bits per heavy atom. The van der Waals surface area contributed by atoms with Crippen molar-refractivity contribution in [2.75, 3.05) is 16.9 Å². The zero-order valence-corrected chi connectivity index (χ0v) is 19.6. The summed E-state index contributed by atoms with van der Waals surface area (Å²) < 4.78 is 7.15. The van der Waals surface area contributed by atoms with Crippen LogP contribution in [0.4, 0.5) is 10.8 Å². The highest BCUT2D eigenvalue weighted by atomic mass is 32.1. The molecule has 0 unspecified atom stereocenters. The molecule has 1 aliphatic rings. The minimum Gasteiger partial charge on any atom is -0.473 e. The van der Waals surface area contributed by atoms with Crippen molar-refractivity contribution in [2.24, 2.45) is 0 Å². The van der Waals surface area contributed by atoms with Crippen LogP contribution in [0.25, 0.3) is 21.0 Å². The highest BCUT2D eigenvalue weighted by molar-refractivity contribution is 7.22. The van der Waals surface area contributed by atoms with Crippen molar-refractivity contribution in [2.45, 2.75) is 19.9 Å². The Bertz CT molecular complexity index is 1540. The molecule has 0 aliphatic carbocycles. The third-order valence-corrected chi connectivity index (χ3v) is 7.21. The van der Waals surface area contributed by atoms with Crippen molar-refractivity contribution in [3.05, 3.63) is 95.6 Å². The highest BCUT2D eigenvalue weighted by Crippen LogP contribution is 2.34. The Hall–Kier alpha value is -3.90. The lowest BCUT2D eigenvalue weighted by Gasteiger charge is -2.31. The summed E-state index contributed by atoms with van der Waals surface area (Å²) in [5.74, 6) is 0.756. The normalized spacial score (nSPS) is 13.0. The summed E-state index contributed by atoms with van der Waals surface area (Å²) in [5, 5.41) is 5.98. The van der Waals surface area contributed by atoms with Crippen LogP contribution < -0.4 is 15.0 Å². The van der Waals surface area contributed by atoms with E-state index in [0.717, 1.165) is 34.6 Å². The van der Waals surface area contributed by atoms with Crippen molar-refractivity contribution in [3.63, 3.8) is 0 Å². The molecule has 0 spiro atoms. The first-order valence-electron chi connectivity index (χ1n) is 11.4. The monoisotopic (exact) mass is 465 g/mol. The van der Waals surface area contributed by atoms with Crippen molar-refractivity contribution >= 4 is 49.1 Å². The Kier molecular flexibility index (Phi) is 5.15. The number of rotatable bonds is 4. The number of aromatic nitrogens is 1. The molecule has 6 rings (SSSR count). The van der Waals surface area contributed by atoms with Gasteiger partial charge in [0.2, 0.25) is 0 Å². The first-order valence-corrected chi connectivity index (χ1v) is 12.2. The molecular formula is C28H23N3O2S. The van der Waals surface area contributed by atoms with E-state index in [9.17, 15) is 4.79 Å². The number of carbonyl (C=O) groups excluding carboxylic acids is 1. The maximum absolute atomic E-state index is 13.0. The SMILES string of the molecule is CCc1ccc2nc(NC(=O)c3cccc(N4COc5ccc6ccccc6c5C4)c3)sc2c1. The summed E-state index contributed by atoms with van der Waals surface area (Å²) in [7, 11) is 0. The summed E-state index contributed by atoms with van der Waals surface area (Å²) in [6, 6.07) is 26.4. The molecule has 1 N–H and O–H groups in total. The summed E-state index contributed by atoms with van der Waals surface area (Å²) in [6.07, 6.45) is 0.975. The molecular weight excluding hydrogens is 442 g/mol. The van der Waals surface area contributed by atoms with Crippen molar-refractivity contribution in [1.29, 1.82) is 0 Å². The molecule has 0 radical (unpaired) electrons. The van der Waals surface area contributed by atoms with Crippen LogP contribution in [-0.2, 0) is 13.0 Å². The maximum Gasteiger partial charge on any atom is 0.257 e. The molecule has 1 aromatic heterocycles. The van der Waals surface area contributed by atoms with E-state index in [0.29, 0.717) is 17.4 Å². The molecule has 6 heteroatoms. The quantitative estimate of drug-likeness (QED) is 0.324. The fraction of sp³-hybridized carbons (Fsp3) is 0.143. The van der Waals surface area contributed by atoms with E-state index in [-0.39, 0.29) is 5.91 Å². The van der Waals surface area contributed by atoms with Gasteiger partial charge < -0.3 is 9.64 Å². The standard InChI is InChI=1S/C28H23N3O2S/c1-2-18-10-12-24-26(14-18)34-28(29-24)30-27(32)20-7-5-8-21(15-20)31-16-23-22-9-4-3-6-19(22)11-13-25(23)33-17-31/h3-15H,2,16-17H2,1H3,(H,29,30,32). The molecule has 5 nitrogen and oxygen atoms in total. The number of ether oxygens (including phenoxy) is 1. The van der Waals surface area contributed by atoms with E-state index < -0.39 is 0 Å². The molecule has 1 amide bonds. The van der Waals surface area contributed by atoms with Gasteiger partial charge in [-0.3, -0.25) is 10.1 Å². The zero-order chi connectivity index (χ0) is 23.1. The average molecular weight is 466 g/mol. The minimum absolute atomic E-state index is 0.166. The highest BCUT2D eigenvalue weighted by Gasteiger charge is 2.21. The van der Waals surface area contributed by atoms with Crippen LogP contribution in [-0.4, -0.2) is 17.6 Å². The summed E-state index contributed by atoms with van der Waals surface area (Å²) in [5.41, 5.74) is 4.88. The summed E-state index contributed by atoms with van der Waals surface area (Å²) >= 11 is 1.50. The maximum atomic E-state index is 13.0. The fourth-order valence-corrected chi connectivity index (χ4v) is 5.34.